The van der Waals surface area contributed by atoms with Crippen molar-refractivity contribution in [1.82, 2.24) is 15.0 Å². The summed E-state index contributed by atoms with van der Waals surface area (Å²) in [5, 5.41) is 10.1. The third kappa shape index (κ3) is 3.66. The van der Waals surface area contributed by atoms with Gasteiger partial charge in [-0.1, -0.05) is 0 Å². The van der Waals surface area contributed by atoms with Crippen molar-refractivity contribution >= 4 is 11.9 Å². The topological polar surface area (TPSA) is 97.4 Å². The summed E-state index contributed by atoms with van der Waals surface area (Å²) in [7, 11) is 0. The normalized spacial score (nSPS) is 23.7. The van der Waals surface area contributed by atoms with Crippen molar-refractivity contribution in [2.75, 3.05) is 23.7 Å². The molecule has 1 saturated heterocycles. The highest BCUT2D eigenvalue weighted by Crippen LogP contribution is 2.24. The maximum atomic E-state index is 10.1. The van der Waals surface area contributed by atoms with E-state index in [4.69, 9.17) is 10.5 Å². The van der Waals surface area contributed by atoms with Crippen LogP contribution in [0.15, 0.2) is 0 Å². The molecule has 2 heterocycles. The lowest BCUT2D eigenvalue weighted by Crippen LogP contribution is -2.46. The highest BCUT2D eigenvalue weighted by molar-refractivity contribution is 5.37. The molecule has 1 unspecified atom stereocenters. The molecule has 0 bridgehead atoms. The zero-order chi connectivity index (χ0) is 14.0. The van der Waals surface area contributed by atoms with Crippen LogP contribution in [0.4, 0.5) is 11.9 Å². The first-order chi connectivity index (χ1) is 8.85. The average molecular weight is 267 g/mol. The van der Waals surface area contributed by atoms with E-state index in [1.54, 1.807) is 0 Å². The van der Waals surface area contributed by atoms with Crippen LogP contribution in [0.1, 0.15) is 33.6 Å². The fourth-order valence-corrected chi connectivity index (χ4v) is 2.16. The van der Waals surface area contributed by atoms with Crippen molar-refractivity contribution in [2.45, 2.75) is 45.3 Å². The number of piperidine rings is 1. The zero-order valence-corrected chi connectivity index (χ0v) is 11.6. The Balaban J connectivity index is 2.21. The highest BCUT2D eigenvalue weighted by Gasteiger charge is 2.30. The summed E-state index contributed by atoms with van der Waals surface area (Å²) in [6.45, 7) is 6.88. The first-order valence-electron chi connectivity index (χ1n) is 6.51. The number of nitrogen functional groups attached to an aromatic ring is 1. The molecule has 2 rings (SSSR count). The van der Waals surface area contributed by atoms with Crippen LogP contribution in [-0.2, 0) is 0 Å². The smallest absolute Gasteiger partial charge is 0.323 e. The van der Waals surface area contributed by atoms with Crippen LogP contribution >= 0.6 is 0 Å². The Hall–Kier alpha value is -1.63. The number of nitrogens with two attached hydrogens (primary N) is 1. The summed E-state index contributed by atoms with van der Waals surface area (Å²) in [6.07, 6.45) is 1.64. The molecule has 1 atom stereocenters. The van der Waals surface area contributed by atoms with Crippen LogP contribution in [0.25, 0.3) is 0 Å². The van der Waals surface area contributed by atoms with Gasteiger partial charge in [0.15, 0.2) is 0 Å². The van der Waals surface area contributed by atoms with Crippen LogP contribution in [0, 0.1) is 0 Å². The van der Waals surface area contributed by atoms with E-state index in [0.29, 0.717) is 12.5 Å². The van der Waals surface area contributed by atoms with E-state index in [9.17, 15) is 5.11 Å². The van der Waals surface area contributed by atoms with E-state index in [-0.39, 0.29) is 18.1 Å². The lowest BCUT2D eigenvalue weighted by Gasteiger charge is -2.36. The van der Waals surface area contributed by atoms with Crippen LogP contribution < -0.4 is 15.4 Å². The number of ether oxygens (including phenoxy) is 1. The van der Waals surface area contributed by atoms with Crippen molar-refractivity contribution in [3.63, 3.8) is 0 Å². The van der Waals surface area contributed by atoms with Crippen LogP contribution in [0.2, 0.25) is 0 Å². The summed E-state index contributed by atoms with van der Waals surface area (Å²) in [5.74, 6) is 0.592. The standard InChI is InChI=1S/C12H21N5O2/c1-8(2)19-11-15-9(13)14-10(16-11)17-6-4-5-12(3,18)7-17/h8,18H,4-7H2,1-3H3,(H2,13,14,15,16). The maximum absolute atomic E-state index is 10.1. The number of β-amino-alcohol motifs (C(OH)–C–C–N with tert-alkyl or cyclic N) is 1. The Morgan fingerprint density at radius 3 is 2.74 bits per heavy atom. The number of hydrogen-bond acceptors (Lipinski definition) is 7. The fraction of sp³-hybridized carbons (Fsp3) is 0.750. The molecule has 0 saturated carbocycles. The second-order valence-corrected chi connectivity index (χ2v) is 5.46. The van der Waals surface area contributed by atoms with Crippen molar-refractivity contribution < 1.29 is 9.84 Å². The third-order valence-corrected chi connectivity index (χ3v) is 2.92. The molecule has 0 aromatic carbocycles. The molecular formula is C12H21N5O2. The quantitative estimate of drug-likeness (QED) is 0.827. The van der Waals surface area contributed by atoms with Crippen molar-refractivity contribution in [3.05, 3.63) is 0 Å². The molecule has 1 aromatic heterocycles. The number of anilines is 2. The summed E-state index contributed by atoms with van der Waals surface area (Å²) >= 11 is 0. The number of aliphatic hydroxyl groups is 1. The lowest BCUT2D eigenvalue weighted by atomic mass is 9.95. The van der Waals surface area contributed by atoms with Gasteiger partial charge in [-0.3, -0.25) is 0 Å². The van der Waals surface area contributed by atoms with Gasteiger partial charge in [0, 0.05) is 13.1 Å². The average Bonchev–Trinajstić information content (AvgIpc) is 2.25. The van der Waals surface area contributed by atoms with Crippen LogP contribution in [-0.4, -0.2) is 44.9 Å². The number of hydrogen-bond donors (Lipinski definition) is 2. The molecule has 7 nitrogen and oxygen atoms in total. The van der Waals surface area contributed by atoms with Gasteiger partial charge in [-0.15, -0.1) is 0 Å². The van der Waals surface area contributed by atoms with Crippen molar-refractivity contribution in [1.29, 1.82) is 0 Å². The van der Waals surface area contributed by atoms with E-state index >= 15 is 0 Å². The number of nitrogens with zero attached hydrogens (tertiary/aromatic N) is 4. The van der Waals surface area contributed by atoms with Gasteiger partial charge in [0.1, 0.15) is 0 Å². The zero-order valence-electron chi connectivity index (χ0n) is 11.6. The summed E-state index contributed by atoms with van der Waals surface area (Å²) in [4.78, 5) is 14.2. The molecule has 106 valence electrons. The minimum atomic E-state index is -0.724. The summed E-state index contributed by atoms with van der Waals surface area (Å²) in [6, 6.07) is 0.225. The van der Waals surface area contributed by atoms with E-state index in [2.05, 4.69) is 15.0 Å². The van der Waals surface area contributed by atoms with Gasteiger partial charge >= 0.3 is 6.01 Å². The fourth-order valence-electron chi connectivity index (χ4n) is 2.16. The Labute approximate surface area is 112 Å². The number of rotatable bonds is 3. The van der Waals surface area contributed by atoms with Crippen molar-refractivity contribution in [2.24, 2.45) is 0 Å². The van der Waals surface area contributed by atoms with Crippen molar-refractivity contribution in [3.8, 4) is 6.01 Å². The van der Waals surface area contributed by atoms with E-state index in [1.165, 1.54) is 0 Å². The Morgan fingerprint density at radius 1 is 1.37 bits per heavy atom. The van der Waals surface area contributed by atoms with Gasteiger partial charge in [-0.25, -0.2) is 0 Å². The molecule has 3 N–H and O–H groups in total. The predicted octanol–water partition coefficient (Wildman–Crippen LogP) is 0.592. The molecule has 0 amide bonds. The Bertz CT molecular complexity index is 450. The molecule has 7 heteroatoms. The lowest BCUT2D eigenvalue weighted by molar-refractivity contribution is 0.0443. The third-order valence-electron chi connectivity index (χ3n) is 2.92. The maximum Gasteiger partial charge on any atom is 0.323 e. The van der Waals surface area contributed by atoms with E-state index < -0.39 is 5.60 Å². The molecule has 1 aliphatic rings. The first kappa shape index (κ1) is 13.8. The first-order valence-corrected chi connectivity index (χ1v) is 6.51. The van der Waals surface area contributed by atoms with Crippen LogP contribution in [0.3, 0.4) is 0 Å². The highest BCUT2D eigenvalue weighted by atomic mass is 16.5. The second-order valence-electron chi connectivity index (χ2n) is 5.46. The second kappa shape index (κ2) is 5.16. The number of aromatic nitrogens is 3. The van der Waals surface area contributed by atoms with E-state index in [1.807, 2.05) is 25.7 Å². The predicted molar refractivity (Wildman–Crippen MR) is 72.1 cm³/mol. The molecule has 19 heavy (non-hydrogen) atoms. The van der Waals surface area contributed by atoms with Gasteiger partial charge < -0.3 is 20.5 Å². The molecule has 1 aromatic rings. The molecule has 0 spiro atoms. The minimum absolute atomic E-state index is 0.0286. The molecule has 1 fully saturated rings. The van der Waals surface area contributed by atoms with Gasteiger partial charge in [0.2, 0.25) is 11.9 Å². The van der Waals surface area contributed by atoms with Gasteiger partial charge in [-0.2, -0.15) is 15.0 Å². The van der Waals surface area contributed by atoms with E-state index in [0.717, 1.165) is 19.4 Å². The van der Waals surface area contributed by atoms with Gasteiger partial charge in [0.05, 0.1) is 11.7 Å². The molecule has 0 aliphatic carbocycles. The monoisotopic (exact) mass is 267 g/mol. The summed E-state index contributed by atoms with van der Waals surface area (Å²) < 4.78 is 5.45. The molecule has 0 radical (unpaired) electrons. The van der Waals surface area contributed by atoms with Gasteiger partial charge in [-0.05, 0) is 33.6 Å². The largest absolute Gasteiger partial charge is 0.461 e. The Kier molecular flexibility index (Phi) is 3.75. The minimum Gasteiger partial charge on any atom is -0.461 e. The van der Waals surface area contributed by atoms with Gasteiger partial charge in [0.25, 0.3) is 0 Å². The Morgan fingerprint density at radius 2 is 2.11 bits per heavy atom. The molecule has 1 aliphatic heterocycles. The molecular weight excluding hydrogens is 246 g/mol. The summed E-state index contributed by atoms with van der Waals surface area (Å²) in [5.41, 5.74) is 4.95. The van der Waals surface area contributed by atoms with Crippen LogP contribution in [0.5, 0.6) is 6.01 Å². The SMILES string of the molecule is CC(C)Oc1nc(N)nc(N2CCCC(C)(O)C2)n1.